The molecule has 6 nitrogen and oxygen atoms in total. The van der Waals surface area contributed by atoms with Crippen molar-refractivity contribution in [3.63, 3.8) is 0 Å². The number of hydrogen-bond donors (Lipinski definition) is 0. The lowest BCUT2D eigenvalue weighted by Gasteiger charge is -2.40. The number of ether oxygens (including phenoxy) is 1. The van der Waals surface area contributed by atoms with E-state index in [1.54, 1.807) is 20.8 Å². The number of aryl methyl sites for hydroxylation is 2. The second-order valence-electron chi connectivity index (χ2n) is 6.93. The van der Waals surface area contributed by atoms with Crippen LogP contribution >= 0.6 is 11.3 Å². The topological polar surface area (TPSA) is 58.6 Å². The van der Waals surface area contributed by atoms with Crippen LogP contribution in [0.25, 0.3) is 10.2 Å². The Morgan fingerprint density at radius 3 is 2.61 bits per heavy atom. The molecule has 1 unspecified atom stereocenters. The zero-order chi connectivity index (χ0) is 20.6. The highest BCUT2D eigenvalue weighted by molar-refractivity contribution is 7.20. The van der Waals surface area contributed by atoms with Crippen LogP contribution in [0.4, 0.5) is 19.0 Å². The maximum Gasteiger partial charge on any atom is 0.401 e. The molecule has 1 aliphatic heterocycles. The van der Waals surface area contributed by atoms with Crippen molar-refractivity contribution in [2.45, 2.75) is 39.9 Å². The minimum absolute atomic E-state index is 0.274. The van der Waals surface area contributed by atoms with Crippen LogP contribution in [0.5, 0.6) is 0 Å². The Bertz CT molecular complexity index is 884. The molecular weight excluding hydrogens is 393 g/mol. The lowest BCUT2D eigenvalue weighted by molar-refractivity contribution is -0.150. The number of carbonyl (C=O) groups excluding carboxylic acids is 1. The third kappa shape index (κ3) is 4.22. The SMILES string of the molecule is CCOC(=O)c1sc2nc(C)nc(N3CCN(CC(F)(F)F)C(C)C3)c2c1C. The fourth-order valence-corrected chi connectivity index (χ4v) is 4.61. The predicted molar refractivity (Wildman–Crippen MR) is 102 cm³/mol. The monoisotopic (exact) mass is 416 g/mol. The molecule has 0 spiro atoms. The Morgan fingerprint density at radius 2 is 2.00 bits per heavy atom. The van der Waals surface area contributed by atoms with Crippen LogP contribution in [0.2, 0.25) is 0 Å². The van der Waals surface area contributed by atoms with Crippen LogP contribution in [0, 0.1) is 13.8 Å². The number of aromatic nitrogens is 2. The molecule has 3 heterocycles. The molecule has 1 atom stereocenters. The van der Waals surface area contributed by atoms with Crippen molar-refractivity contribution in [2.24, 2.45) is 0 Å². The third-order valence-corrected chi connectivity index (χ3v) is 5.96. The summed E-state index contributed by atoms with van der Waals surface area (Å²) in [5.41, 5.74) is 0.749. The van der Waals surface area contributed by atoms with Crippen LogP contribution in [0.3, 0.4) is 0 Å². The van der Waals surface area contributed by atoms with Crippen molar-refractivity contribution in [3.8, 4) is 0 Å². The molecule has 0 radical (unpaired) electrons. The van der Waals surface area contributed by atoms with Gasteiger partial charge in [0, 0.05) is 25.7 Å². The maximum atomic E-state index is 12.8. The van der Waals surface area contributed by atoms with Crippen LogP contribution in [-0.2, 0) is 4.74 Å². The quantitative estimate of drug-likeness (QED) is 0.711. The highest BCUT2D eigenvalue weighted by Crippen LogP contribution is 2.36. The van der Waals surface area contributed by atoms with E-state index >= 15 is 0 Å². The summed E-state index contributed by atoms with van der Waals surface area (Å²) in [4.78, 5) is 25.9. The van der Waals surface area contributed by atoms with Crippen molar-refractivity contribution in [1.29, 1.82) is 0 Å². The first-order valence-corrected chi connectivity index (χ1v) is 9.93. The lowest BCUT2D eigenvalue weighted by Crippen LogP contribution is -2.54. The fraction of sp³-hybridized carbons (Fsp3) is 0.611. The molecule has 10 heteroatoms. The first-order valence-electron chi connectivity index (χ1n) is 9.11. The van der Waals surface area contributed by atoms with E-state index < -0.39 is 18.7 Å². The largest absolute Gasteiger partial charge is 0.462 e. The molecule has 2 aromatic heterocycles. The van der Waals surface area contributed by atoms with Gasteiger partial charge in [-0.05, 0) is 33.3 Å². The molecule has 154 valence electrons. The smallest absolute Gasteiger partial charge is 0.401 e. The van der Waals surface area contributed by atoms with E-state index in [-0.39, 0.29) is 12.6 Å². The molecule has 1 saturated heterocycles. The van der Waals surface area contributed by atoms with Crippen LogP contribution in [0.15, 0.2) is 0 Å². The van der Waals surface area contributed by atoms with Gasteiger partial charge in [-0.25, -0.2) is 14.8 Å². The highest BCUT2D eigenvalue weighted by atomic mass is 32.1. The number of hydrogen-bond acceptors (Lipinski definition) is 7. The molecule has 0 N–H and O–H groups in total. The van der Waals surface area contributed by atoms with Gasteiger partial charge in [0.15, 0.2) is 0 Å². The van der Waals surface area contributed by atoms with Gasteiger partial charge in [-0.2, -0.15) is 13.2 Å². The van der Waals surface area contributed by atoms with Crippen LogP contribution in [0.1, 0.15) is 34.9 Å². The predicted octanol–water partition coefficient (Wildman–Crippen LogP) is 3.56. The standard InChI is InChI=1S/C18H23F3N4O2S/c1-5-27-17(26)14-11(3)13-15(22-12(4)23-16(13)28-14)24-6-7-25(10(2)8-24)9-18(19,20)21/h10H,5-9H2,1-4H3. The number of piperazine rings is 1. The van der Waals surface area contributed by atoms with Crippen molar-refractivity contribution < 1.29 is 22.7 Å². The molecule has 28 heavy (non-hydrogen) atoms. The van der Waals surface area contributed by atoms with E-state index in [1.165, 1.54) is 16.2 Å². The summed E-state index contributed by atoms with van der Waals surface area (Å²) in [6, 6.07) is -0.274. The minimum atomic E-state index is -4.21. The average molecular weight is 416 g/mol. The normalized spacial score (nSPS) is 18.7. The van der Waals surface area contributed by atoms with E-state index in [1.807, 2.05) is 11.8 Å². The number of esters is 1. The van der Waals surface area contributed by atoms with E-state index in [0.717, 1.165) is 10.9 Å². The fourth-order valence-electron chi connectivity index (χ4n) is 3.49. The molecule has 0 bridgehead atoms. The maximum absolute atomic E-state index is 12.8. The first kappa shape index (κ1) is 20.8. The van der Waals surface area contributed by atoms with Gasteiger partial charge in [-0.15, -0.1) is 11.3 Å². The molecule has 0 aliphatic carbocycles. The van der Waals surface area contributed by atoms with Crippen molar-refractivity contribution >= 4 is 33.3 Å². The molecule has 1 aliphatic rings. The van der Waals surface area contributed by atoms with Gasteiger partial charge in [0.2, 0.25) is 0 Å². The number of nitrogens with zero attached hydrogens (tertiary/aromatic N) is 4. The lowest BCUT2D eigenvalue weighted by atomic mass is 10.1. The Kier molecular flexibility index (Phi) is 5.81. The summed E-state index contributed by atoms with van der Waals surface area (Å²) in [5.74, 6) is 0.838. The Morgan fingerprint density at radius 1 is 1.29 bits per heavy atom. The highest BCUT2D eigenvalue weighted by Gasteiger charge is 2.36. The Labute approximate surface area is 165 Å². The van der Waals surface area contributed by atoms with E-state index in [0.29, 0.717) is 41.0 Å². The molecular formula is C18H23F3N4O2S. The summed E-state index contributed by atoms with van der Waals surface area (Å²) in [6.07, 6.45) is -4.21. The van der Waals surface area contributed by atoms with E-state index in [2.05, 4.69) is 9.97 Å². The number of carbonyl (C=O) groups is 1. The van der Waals surface area contributed by atoms with Gasteiger partial charge >= 0.3 is 12.1 Å². The molecule has 0 saturated carbocycles. The summed E-state index contributed by atoms with van der Waals surface area (Å²) in [5, 5.41) is 0.773. The third-order valence-electron chi connectivity index (χ3n) is 4.79. The van der Waals surface area contributed by atoms with Gasteiger partial charge in [0.1, 0.15) is 21.3 Å². The van der Waals surface area contributed by atoms with Gasteiger partial charge in [0.05, 0.1) is 18.5 Å². The summed E-state index contributed by atoms with van der Waals surface area (Å²) in [7, 11) is 0. The Hall–Kier alpha value is -1.94. The van der Waals surface area contributed by atoms with Gasteiger partial charge < -0.3 is 9.64 Å². The Balaban J connectivity index is 1.94. The number of thiophene rings is 1. The number of halogens is 3. The van der Waals surface area contributed by atoms with Crippen molar-refractivity contribution in [1.82, 2.24) is 14.9 Å². The molecule has 0 amide bonds. The molecule has 1 fully saturated rings. The number of fused-ring (bicyclic) bond motifs is 1. The molecule has 0 aromatic carbocycles. The van der Waals surface area contributed by atoms with Gasteiger partial charge in [-0.3, -0.25) is 4.90 Å². The average Bonchev–Trinajstić information content (AvgIpc) is 2.92. The van der Waals surface area contributed by atoms with E-state index in [9.17, 15) is 18.0 Å². The second-order valence-corrected chi connectivity index (χ2v) is 7.93. The minimum Gasteiger partial charge on any atom is -0.462 e. The van der Waals surface area contributed by atoms with Gasteiger partial charge in [-0.1, -0.05) is 0 Å². The molecule has 2 aromatic rings. The van der Waals surface area contributed by atoms with Crippen molar-refractivity contribution in [3.05, 3.63) is 16.3 Å². The van der Waals surface area contributed by atoms with E-state index in [4.69, 9.17) is 4.74 Å². The number of anilines is 1. The van der Waals surface area contributed by atoms with Crippen molar-refractivity contribution in [2.75, 3.05) is 37.7 Å². The summed E-state index contributed by atoms with van der Waals surface area (Å²) in [6.45, 7) is 7.64. The van der Waals surface area contributed by atoms with Crippen LogP contribution < -0.4 is 4.90 Å². The summed E-state index contributed by atoms with van der Waals surface area (Å²) >= 11 is 1.26. The second kappa shape index (κ2) is 7.82. The zero-order valence-electron chi connectivity index (χ0n) is 16.3. The zero-order valence-corrected chi connectivity index (χ0v) is 17.1. The molecule has 3 rings (SSSR count). The first-order chi connectivity index (χ1) is 13.1. The van der Waals surface area contributed by atoms with Gasteiger partial charge in [0.25, 0.3) is 0 Å². The summed E-state index contributed by atoms with van der Waals surface area (Å²) < 4.78 is 43.4. The van der Waals surface area contributed by atoms with Crippen LogP contribution in [-0.4, -0.2) is 65.8 Å². The number of alkyl halides is 3. The number of rotatable bonds is 4.